The highest BCUT2D eigenvalue weighted by molar-refractivity contribution is 6.02. The molecule has 2 aliphatic rings. The van der Waals surface area contributed by atoms with E-state index >= 15 is 0 Å². The van der Waals surface area contributed by atoms with Crippen molar-refractivity contribution in [2.75, 3.05) is 0 Å². The third kappa shape index (κ3) is 4.59. The number of aliphatic hydroxyl groups excluding tert-OH is 1. The van der Waals surface area contributed by atoms with E-state index in [1.165, 1.54) is 0 Å². The molecule has 0 aromatic heterocycles. The zero-order valence-electron chi connectivity index (χ0n) is 13.1. The van der Waals surface area contributed by atoms with Crippen molar-refractivity contribution in [2.24, 2.45) is 0 Å². The zero-order valence-corrected chi connectivity index (χ0v) is 13.1. The van der Waals surface area contributed by atoms with Crippen LogP contribution in [0.4, 0.5) is 0 Å². The normalized spacial score (nSPS) is 18.8. The monoisotopic (exact) mass is 356 g/mol. The second-order valence-electron chi connectivity index (χ2n) is 5.45. The average molecular weight is 356 g/mol. The highest BCUT2D eigenvalue weighted by Gasteiger charge is 2.35. The van der Waals surface area contributed by atoms with Crippen LogP contribution >= 0.6 is 0 Å². The first-order valence-electron chi connectivity index (χ1n) is 7.62. The average Bonchev–Trinajstić information content (AvgIpc) is 3.04. The lowest BCUT2D eigenvalue weighted by atomic mass is 10.1. The van der Waals surface area contributed by atoms with E-state index in [9.17, 15) is 33.9 Å². The van der Waals surface area contributed by atoms with Crippen LogP contribution in [0.3, 0.4) is 0 Å². The fourth-order valence-corrected chi connectivity index (χ4v) is 2.17. The standard InChI is InChI=1S/C14H16N2O9/c17-8(14(23)25-16-11(20)6-7-12(16)21)2-1-3-13(22)24-15-9(18)4-5-10(15)19/h8,17H,1-7H2. The van der Waals surface area contributed by atoms with Crippen molar-refractivity contribution in [1.82, 2.24) is 10.1 Å². The van der Waals surface area contributed by atoms with Crippen LogP contribution in [0.25, 0.3) is 0 Å². The molecular weight excluding hydrogens is 340 g/mol. The van der Waals surface area contributed by atoms with Gasteiger partial charge in [0.05, 0.1) is 0 Å². The van der Waals surface area contributed by atoms with Gasteiger partial charge in [0.2, 0.25) is 0 Å². The van der Waals surface area contributed by atoms with Crippen molar-refractivity contribution in [1.29, 1.82) is 0 Å². The Hall–Kier alpha value is -2.82. The predicted octanol–water partition coefficient (Wildman–Crippen LogP) is -1.27. The maximum Gasteiger partial charge on any atom is 0.361 e. The summed E-state index contributed by atoms with van der Waals surface area (Å²) in [6.45, 7) is 0. The van der Waals surface area contributed by atoms with E-state index in [-0.39, 0.29) is 44.9 Å². The molecule has 1 atom stereocenters. The Kier molecular flexibility index (Phi) is 5.80. The van der Waals surface area contributed by atoms with E-state index in [2.05, 4.69) is 9.68 Å². The molecule has 136 valence electrons. The van der Waals surface area contributed by atoms with Crippen LogP contribution in [0.1, 0.15) is 44.9 Å². The fraction of sp³-hybridized carbons (Fsp3) is 0.571. The summed E-state index contributed by atoms with van der Waals surface area (Å²) in [5.74, 6) is -4.62. The lowest BCUT2D eigenvalue weighted by Crippen LogP contribution is -2.36. The van der Waals surface area contributed by atoms with E-state index in [1.54, 1.807) is 0 Å². The molecule has 0 aromatic rings. The van der Waals surface area contributed by atoms with Crippen molar-refractivity contribution in [2.45, 2.75) is 51.0 Å². The molecule has 0 bridgehead atoms. The van der Waals surface area contributed by atoms with Crippen LogP contribution in [0.5, 0.6) is 0 Å². The number of hydroxylamine groups is 4. The minimum Gasteiger partial charge on any atom is -0.381 e. The Morgan fingerprint density at radius 3 is 1.80 bits per heavy atom. The lowest BCUT2D eigenvalue weighted by Gasteiger charge is -2.15. The highest BCUT2D eigenvalue weighted by atomic mass is 16.7. The van der Waals surface area contributed by atoms with E-state index in [4.69, 9.17) is 0 Å². The van der Waals surface area contributed by atoms with Crippen molar-refractivity contribution in [3.8, 4) is 0 Å². The summed E-state index contributed by atoms with van der Waals surface area (Å²) in [7, 11) is 0. The Morgan fingerprint density at radius 1 is 0.880 bits per heavy atom. The smallest absolute Gasteiger partial charge is 0.361 e. The minimum atomic E-state index is -1.65. The van der Waals surface area contributed by atoms with E-state index in [1.807, 2.05) is 0 Å². The molecule has 2 saturated heterocycles. The Balaban J connectivity index is 1.70. The van der Waals surface area contributed by atoms with E-state index in [0.717, 1.165) is 0 Å². The number of rotatable bonds is 7. The molecule has 1 N–H and O–H groups in total. The summed E-state index contributed by atoms with van der Waals surface area (Å²) in [6.07, 6.45) is -2.30. The van der Waals surface area contributed by atoms with Crippen LogP contribution in [0.15, 0.2) is 0 Å². The van der Waals surface area contributed by atoms with Gasteiger partial charge in [-0.2, -0.15) is 0 Å². The van der Waals surface area contributed by atoms with E-state index < -0.39 is 41.7 Å². The molecule has 11 heteroatoms. The van der Waals surface area contributed by atoms with Gasteiger partial charge in [-0.3, -0.25) is 19.2 Å². The summed E-state index contributed by atoms with van der Waals surface area (Å²) < 4.78 is 0. The number of aliphatic hydroxyl groups is 1. The number of carbonyl (C=O) groups is 6. The van der Waals surface area contributed by atoms with Crippen molar-refractivity contribution in [3.05, 3.63) is 0 Å². The van der Waals surface area contributed by atoms with Crippen molar-refractivity contribution < 1.29 is 43.5 Å². The molecule has 0 radical (unpaired) electrons. The topological polar surface area (TPSA) is 148 Å². The Morgan fingerprint density at radius 2 is 1.32 bits per heavy atom. The number of hydrogen-bond donors (Lipinski definition) is 1. The second kappa shape index (κ2) is 7.83. The molecule has 25 heavy (non-hydrogen) atoms. The molecule has 4 amide bonds. The van der Waals surface area contributed by atoms with Gasteiger partial charge < -0.3 is 14.8 Å². The minimum absolute atomic E-state index is 0.00673. The van der Waals surface area contributed by atoms with Gasteiger partial charge >= 0.3 is 11.9 Å². The van der Waals surface area contributed by atoms with Gasteiger partial charge in [0.15, 0.2) is 6.10 Å². The van der Waals surface area contributed by atoms with Gasteiger partial charge in [0, 0.05) is 32.1 Å². The second-order valence-corrected chi connectivity index (χ2v) is 5.45. The Bertz CT molecular complexity index is 598. The first kappa shape index (κ1) is 18.5. The number of hydrogen-bond acceptors (Lipinski definition) is 9. The SMILES string of the molecule is O=C(CCCC(O)C(=O)ON1C(=O)CCC1=O)ON1C(=O)CCC1=O. The van der Waals surface area contributed by atoms with Crippen molar-refractivity contribution in [3.63, 3.8) is 0 Å². The number of amides is 4. The lowest BCUT2D eigenvalue weighted by molar-refractivity contribution is -0.203. The predicted molar refractivity (Wildman–Crippen MR) is 74.2 cm³/mol. The molecular formula is C14H16N2O9. The molecule has 2 rings (SSSR count). The molecule has 0 spiro atoms. The first-order chi connectivity index (χ1) is 11.8. The van der Waals surface area contributed by atoms with Gasteiger partial charge in [0.1, 0.15) is 0 Å². The van der Waals surface area contributed by atoms with Gasteiger partial charge in [0.25, 0.3) is 23.6 Å². The molecule has 11 nitrogen and oxygen atoms in total. The number of carbonyl (C=O) groups excluding carboxylic acids is 6. The van der Waals surface area contributed by atoms with Crippen LogP contribution in [0.2, 0.25) is 0 Å². The maximum absolute atomic E-state index is 11.6. The largest absolute Gasteiger partial charge is 0.381 e. The summed E-state index contributed by atoms with van der Waals surface area (Å²) in [6, 6.07) is 0. The summed E-state index contributed by atoms with van der Waals surface area (Å²) in [5, 5.41) is 10.3. The van der Waals surface area contributed by atoms with Gasteiger partial charge in [-0.1, -0.05) is 0 Å². The van der Waals surface area contributed by atoms with Gasteiger partial charge in [-0.05, 0) is 12.8 Å². The molecule has 2 fully saturated rings. The fourth-order valence-electron chi connectivity index (χ4n) is 2.17. The molecule has 2 heterocycles. The maximum atomic E-state index is 11.6. The van der Waals surface area contributed by atoms with Crippen LogP contribution in [0, 0.1) is 0 Å². The summed E-state index contributed by atoms with van der Waals surface area (Å²) in [5.41, 5.74) is 0. The van der Waals surface area contributed by atoms with Crippen LogP contribution in [-0.4, -0.2) is 56.9 Å². The molecule has 2 aliphatic heterocycles. The third-order valence-electron chi connectivity index (χ3n) is 3.52. The number of imide groups is 2. The molecule has 1 unspecified atom stereocenters. The molecule has 0 aromatic carbocycles. The third-order valence-corrected chi connectivity index (χ3v) is 3.52. The van der Waals surface area contributed by atoms with E-state index in [0.29, 0.717) is 10.1 Å². The quantitative estimate of drug-likeness (QED) is 0.551. The van der Waals surface area contributed by atoms with Crippen LogP contribution < -0.4 is 0 Å². The Labute approximate surface area is 141 Å². The molecule has 0 aliphatic carbocycles. The first-order valence-corrected chi connectivity index (χ1v) is 7.62. The zero-order chi connectivity index (χ0) is 18.6. The number of nitrogens with zero attached hydrogens (tertiary/aromatic N) is 2. The van der Waals surface area contributed by atoms with Crippen molar-refractivity contribution >= 4 is 35.6 Å². The summed E-state index contributed by atoms with van der Waals surface area (Å²) in [4.78, 5) is 77.4. The summed E-state index contributed by atoms with van der Waals surface area (Å²) >= 11 is 0. The van der Waals surface area contributed by atoms with Gasteiger partial charge in [-0.15, -0.1) is 10.1 Å². The molecule has 0 saturated carbocycles. The van der Waals surface area contributed by atoms with Crippen LogP contribution in [-0.2, 0) is 38.4 Å². The highest BCUT2D eigenvalue weighted by Crippen LogP contribution is 2.15. The van der Waals surface area contributed by atoms with Gasteiger partial charge in [-0.25, -0.2) is 9.59 Å².